The second kappa shape index (κ2) is 33.0. The molecular weight excluding hydrogens is 424 g/mol. The number of hydrogen-bond donors (Lipinski definition) is 1. The summed E-state index contributed by atoms with van der Waals surface area (Å²) in [7, 11) is 0. The molecule has 1 unspecified atom stereocenters. The van der Waals surface area contributed by atoms with Crippen molar-refractivity contribution >= 4 is 0 Å². The Kier molecular flexibility index (Phi) is 34.0. The Balaban J connectivity index is 0. The number of unbranched alkanes of at least 4 members (excludes halogenated alkanes) is 10. The lowest BCUT2D eigenvalue weighted by Crippen LogP contribution is -2.15. The Bertz CT molecular complexity index is 468. The predicted octanol–water partition coefficient (Wildman–Crippen LogP) is 10.9. The van der Waals surface area contributed by atoms with Crippen LogP contribution in [0.1, 0.15) is 163 Å². The Labute approximate surface area is 222 Å². The fourth-order valence-corrected chi connectivity index (χ4v) is 4.35. The largest absolute Gasteiger partial charge is 0.316 e. The van der Waals surface area contributed by atoms with E-state index in [1.165, 1.54) is 122 Å². The molecule has 35 heavy (non-hydrogen) atoms. The van der Waals surface area contributed by atoms with Crippen LogP contribution in [0.25, 0.3) is 0 Å². The van der Waals surface area contributed by atoms with Gasteiger partial charge in [-0.05, 0) is 37.8 Å². The molecular formula is C33H64N2. The van der Waals surface area contributed by atoms with Crippen molar-refractivity contribution in [1.29, 1.82) is 5.26 Å². The smallest absolute Gasteiger partial charge is 0.0635 e. The standard InChI is InChI=1S/C22H44.C7H14N2.C4H6/c1-3-5-7-9-10-12-16-21(15-11-8-6-4-2)17-13-14-18-22-19-20-22;1-2-3-6-9-7-4-5-8;1-3-4-2/h21-22H,3-20H2,1-2H3;9H,2-4,6-7H2,1H3;4H,1H2,2H3. The first kappa shape index (κ1) is 36.1. The van der Waals surface area contributed by atoms with Crippen molar-refractivity contribution in [2.24, 2.45) is 11.8 Å². The molecule has 0 bridgehead atoms. The quantitative estimate of drug-likeness (QED) is 0.121. The first-order chi connectivity index (χ1) is 17.2. The zero-order valence-electron chi connectivity index (χ0n) is 24.6. The number of nitriles is 1. The third-order valence-corrected chi connectivity index (χ3v) is 6.93. The molecule has 0 aromatic heterocycles. The van der Waals surface area contributed by atoms with Crippen LogP contribution >= 0.6 is 0 Å². The van der Waals surface area contributed by atoms with Gasteiger partial charge in [0.25, 0.3) is 0 Å². The lowest BCUT2D eigenvalue weighted by molar-refractivity contribution is 0.366. The van der Waals surface area contributed by atoms with E-state index >= 15 is 0 Å². The van der Waals surface area contributed by atoms with E-state index in [0.29, 0.717) is 6.42 Å². The Morgan fingerprint density at radius 3 is 1.74 bits per heavy atom. The number of nitrogens with one attached hydrogen (secondary N) is 1. The van der Waals surface area contributed by atoms with Crippen molar-refractivity contribution in [1.82, 2.24) is 5.32 Å². The van der Waals surface area contributed by atoms with Gasteiger partial charge in [0.1, 0.15) is 0 Å². The van der Waals surface area contributed by atoms with Crippen molar-refractivity contribution in [3.8, 4) is 6.07 Å². The van der Waals surface area contributed by atoms with E-state index in [-0.39, 0.29) is 0 Å². The number of nitrogens with zero attached hydrogens (tertiary/aromatic N) is 1. The lowest BCUT2D eigenvalue weighted by atomic mass is 9.89. The van der Waals surface area contributed by atoms with Crippen molar-refractivity contribution in [2.45, 2.75) is 163 Å². The average molecular weight is 489 g/mol. The first-order valence-electron chi connectivity index (χ1n) is 15.6. The molecule has 206 valence electrons. The molecule has 2 nitrogen and oxygen atoms in total. The Morgan fingerprint density at radius 1 is 0.771 bits per heavy atom. The van der Waals surface area contributed by atoms with Gasteiger partial charge in [-0.15, -0.1) is 5.73 Å². The zero-order valence-corrected chi connectivity index (χ0v) is 24.6. The first-order valence-corrected chi connectivity index (χ1v) is 15.6. The monoisotopic (exact) mass is 489 g/mol. The molecule has 1 saturated carbocycles. The van der Waals surface area contributed by atoms with Crippen LogP contribution in [0.2, 0.25) is 0 Å². The molecule has 1 aliphatic carbocycles. The van der Waals surface area contributed by atoms with Gasteiger partial charge < -0.3 is 5.32 Å². The molecule has 1 aliphatic rings. The van der Waals surface area contributed by atoms with Crippen molar-refractivity contribution < 1.29 is 0 Å². The van der Waals surface area contributed by atoms with E-state index in [0.717, 1.165) is 24.9 Å². The third-order valence-electron chi connectivity index (χ3n) is 6.93. The van der Waals surface area contributed by atoms with Gasteiger partial charge in [-0.2, -0.15) is 5.26 Å². The molecule has 0 heterocycles. The molecule has 1 fully saturated rings. The summed E-state index contributed by atoms with van der Waals surface area (Å²) in [6, 6.07) is 2.08. The van der Waals surface area contributed by atoms with Crippen LogP contribution in [0.15, 0.2) is 18.4 Å². The minimum Gasteiger partial charge on any atom is -0.316 e. The summed E-state index contributed by atoms with van der Waals surface area (Å²) in [5.74, 6) is 2.20. The molecule has 1 atom stereocenters. The summed E-state index contributed by atoms with van der Waals surface area (Å²) < 4.78 is 0. The van der Waals surface area contributed by atoms with E-state index in [4.69, 9.17) is 5.26 Å². The number of hydrogen-bond acceptors (Lipinski definition) is 2. The van der Waals surface area contributed by atoms with Gasteiger partial charge in [-0.1, -0.05) is 149 Å². The summed E-state index contributed by atoms with van der Waals surface area (Å²) in [4.78, 5) is 0. The second-order valence-corrected chi connectivity index (χ2v) is 10.5. The van der Waals surface area contributed by atoms with Crippen LogP contribution in [-0.4, -0.2) is 13.1 Å². The van der Waals surface area contributed by atoms with Gasteiger partial charge in [0.15, 0.2) is 0 Å². The summed E-state index contributed by atoms with van der Waals surface area (Å²) in [6.07, 6.45) is 31.7. The highest BCUT2D eigenvalue weighted by atomic mass is 14.8. The predicted molar refractivity (Wildman–Crippen MR) is 159 cm³/mol. The summed E-state index contributed by atoms with van der Waals surface area (Å²) in [5.41, 5.74) is 2.56. The maximum atomic E-state index is 8.13. The zero-order chi connectivity index (χ0) is 26.2. The molecule has 0 radical (unpaired) electrons. The van der Waals surface area contributed by atoms with Crippen LogP contribution in [0, 0.1) is 23.2 Å². The van der Waals surface area contributed by atoms with E-state index < -0.39 is 0 Å². The lowest BCUT2D eigenvalue weighted by Gasteiger charge is -2.17. The minimum absolute atomic E-state index is 0.629. The molecule has 0 aromatic rings. The molecule has 0 aliphatic heterocycles. The van der Waals surface area contributed by atoms with Gasteiger partial charge in [0.2, 0.25) is 0 Å². The molecule has 1 rings (SSSR count). The maximum absolute atomic E-state index is 8.13. The van der Waals surface area contributed by atoms with Gasteiger partial charge in [0, 0.05) is 13.0 Å². The van der Waals surface area contributed by atoms with E-state index in [1.807, 2.05) is 6.92 Å². The average Bonchev–Trinajstić information content (AvgIpc) is 3.71. The van der Waals surface area contributed by atoms with Crippen molar-refractivity contribution in [2.75, 3.05) is 13.1 Å². The second-order valence-electron chi connectivity index (χ2n) is 10.5. The molecule has 0 spiro atoms. The molecule has 0 amide bonds. The van der Waals surface area contributed by atoms with Crippen LogP contribution in [0.3, 0.4) is 0 Å². The van der Waals surface area contributed by atoms with Gasteiger partial charge in [-0.3, -0.25) is 0 Å². The SMILES string of the molecule is C=C=CC.CCCCCCCCC(CCCCCC)CCCCC1CC1.CCCCNCCC#N. The molecule has 1 N–H and O–H groups in total. The van der Waals surface area contributed by atoms with Gasteiger partial charge in [0.05, 0.1) is 6.07 Å². The van der Waals surface area contributed by atoms with E-state index in [9.17, 15) is 0 Å². The summed E-state index contributed by atoms with van der Waals surface area (Å²) in [5, 5.41) is 11.3. The normalized spacial score (nSPS) is 12.9. The van der Waals surface area contributed by atoms with Gasteiger partial charge in [-0.25, -0.2) is 0 Å². The van der Waals surface area contributed by atoms with Crippen LogP contribution < -0.4 is 5.32 Å². The van der Waals surface area contributed by atoms with Crippen molar-refractivity contribution in [3.63, 3.8) is 0 Å². The van der Waals surface area contributed by atoms with Crippen molar-refractivity contribution in [3.05, 3.63) is 18.4 Å². The highest BCUT2D eigenvalue weighted by Crippen LogP contribution is 2.34. The molecule has 2 heteroatoms. The van der Waals surface area contributed by atoms with Crippen LogP contribution in [0.5, 0.6) is 0 Å². The molecule has 0 aromatic carbocycles. The van der Waals surface area contributed by atoms with Crippen LogP contribution in [0.4, 0.5) is 0 Å². The fourth-order valence-electron chi connectivity index (χ4n) is 4.35. The Morgan fingerprint density at radius 2 is 1.26 bits per heavy atom. The summed E-state index contributed by atoms with van der Waals surface area (Å²) in [6.45, 7) is 13.9. The number of allylic oxidation sites excluding steroid dienone is 1. The van der Waals surface area contributed by atoms with Crippen LogP contribution in [-0.2, 0) is 0 Å². The van der Waals surface area contributed by atoms with Gasteiger partial charge >= 0.3 is 0 Å². The fraction of sp³-hybridized carbons (Fsp3) is 0.879. The third kappa shape index (κ3) is 35.2. The van der Waals surface area contributed by atoms with E-state index in [1.54, 1.807) is 12.5 Å². The topological polar surface area (TPSA) is 35.8 Å². The maximum Gasteiger partial charge on any atom is 0.0635 e. The van der Waals surface area contributed by atoms with E-state index in [2.05, 4.69) is 44.5 Å². The highest BCUT2D eigenvalue weighted by Gasteiger charge is 2.20. The minimum atomic E-state index is 0.629. The Hall–Kier alpha value is -1.03. The number of rotatable bonds is 22. The highest BCUT2D eigenvalue weighted by molar-refractivity contribution is 4.73. The summed E-state index contributed by atoms with van der Waals surface area (Å²) >= 11 is 0. The molecule has 0 saturated heterocycles.